The molecule has 0 aliphatic carbocycles. The number of hydrogen-bond acceptors (Lipinski definition) is 3. The smallest absolute Gasteiger partial charge is 0.339 e. The van der Waals surface area contributed by atoms with Gasteiger partial charge in [0, 0.05) is 13.2 Å². The summed E-state index contributed by atoms with van der Waals surface area (Å²) >= 11 is 0. The molecule has 0 aliphatic rings. The fourth-order valence-corrected chi connectivity index (χ4v) is 4.34. The Morgan fingerprint density at radius 2 is 1.69 bits per heavy atom. The molecule has 0 amide bonds. The number of hydrogen-bond donors (Lipinski definition) is 1. The number of carbonyl (C=O) groups is 1. The van der Waals surface area contributed by atoms with E-state index in [2.05, 4.69) is 0 Å². The lowest BCUT2D eigenvalue weighted by Crippen LogP contribution is -2.43. The van der Waals surface area contributed by atoms with Crippen molar-refractivity contribution in [3.05, 3.63) is 0 Å². The van der Waals surface area contributed by atoms with E-state index < -0.39 is 20.3 Å². The molecule has 1 atom stereocenters. The number of carboxylic acid groups (broad SMARTS) is 1. The van der Waals surface area contributed by atoms with E-state index >= 15 is 0 Å². The van der Waals surface area contributed by atoms with Gasteiger partial charge in [-0.05, 0) is 26.7 Å². The highest BCUT2D eigenvalue weighted by atomic mass is 28.3. The van der Waals surface area contributed by atoms with E-state index in [0.29, 0.717) is 26.1 Å². The fraction of sp³-hybridized carbons (Fsp3) is 0.909. The summed E-state index contributed by atoms with van der Waals surface area (Å²) in [6.45, 7) is 8.71. The SMILES string of the molecule is CCCC(CC)(C(=O)O)[SiH](OCC)OCC. The minimum atomic E-state index is -2.16. The van der Waals surface area contributed by atoms with E-state index in [-0.39, 0.29) is 0 Å². The average molecular weight is 248 g/mol. The molecule has 5 heteroatoms. The van der Waals surface area contributed by atoms with E-state index in [4.69, 9.17) is 8.85 Å². The molecule has 0 aliphatic heterocycles. The van der Waals surface area contributed by atoms with E-state index in [9.17, 15) is 9.90 Å². The van der Waals surface area contributed by atoms with Gasteiger partial charge in [-0.15, -0.1) is 0 Å². The van der Waals surface area contributed by atoms with Gasteiger partial charge in [0.15, 0.2) is 0 Å². The Hall–Kier alpha value is -0.393. The highest BCUT2D eigenvalue weighted by Gasteiger charge is 2.47. The van der Waals surface area contributed by atoms with Crippen LogP contribution in [0.5, 0.6) is 0 Å². The molecule has 1 unspecified atom stereocenters. The third-order valence-electron chi connectivity index (χ3n) is 2.84. The molecule has 0 spiro atoms. The van der Waals surface area contributed by atoms with Crippen molar-refractivity contribution in [2.45, 2.75) is 52.0 Å². The van der Waals surface area contributed by atoms with Crippen LogP contribution in [0.1, 0.15) is 47.0 Å². The minimum Gasteiger partial charge on any atom is -0.481 e. The fourth-order valence-electron chi connectivity index (χ4n) is 1.94. The molecular weight excluding hydrogens is 224 g/mol. The minimum absolute atomic E-state index is 0.523. The van der Waals surface area contributed by atoms with Crippen LogP contribution in [0.25, 0.3) is 0 Å². The maximum atomic E-state index is 11.5. The van der Waals surface area contributed by atoms with Crippen molar-refractivity contribution in [1.29, 1.82) is 0 Å². The standard InChI is InChI=1S/C11H24O4Si/c1-5-9-11(6-2,10(12)13)16(14-7-3)15-8-4/h16H,5-9H2,1-4H3,(H,12,13). The molecule has 0 bridgehead atoms. The summed E-state index contributed by atoms with van der Waals surface area (Å²) < 4.78 is 11.2. The maximum absolute atomic E-state index is 11.5. The molecule has 0 aromatic carbocycles. The normalized spacial score (nSPS) is 15.1. The Bertz CT molecular complexity index is 204. The highest BCUT2D eigenvalue weighted by Crippen LogP contribution is 2.40. The Kier molecular flexibility index (Phi) is 7.62. The largest absolute Gasteiger partial charge is 0.481 e. The summed E-state index contributed by atoms with van der Waals surface area (Å²) in [6, 6.07) is 0. The molecule has 16 heavy (non-hydrogen) atoms. The monoisotopic (exact) mass is 248 g/mol. The van der Waals surface area contributed by atoms with Gasteiger partial charge < -0.3 is 14.0 Å². The topological polar surface area (TPSA) is 55.8 Å². The summed E-state index contributed by atoms with van der Waals surface area (Å²) in [7, 11) is -2.16. The molecule has 1 N–H and O–H groups in total. The van der Waals surface area contributed by atoms with Gasteiger partial charge in [0.05, 0.1) is 0 Å². The zero-order valence-corrected chi connectivity index (χ0v) is 11.9. The van der Waals surface area contributed by atoms with Crippen LogP contribution >= 0.6 is 0 Å². The number of carboxylic acids is 1. The molecule has 0 saturated heterocycles. The van der Waals surface area contributed by atoms with Gasteiger partial charge in [0.25, 0.3) is 0 Å². The van der Waals surface area contributed by atoms with E-state index in [1.54, 1.807) is 0 Å². The second-order valence-electron chi connectivity index (χ2n) is 3.81. The van der Waals surface area contributed by atoms with E-state index in [1.165, 1.54) is 0 Å². The molecule has 96 valence electrons. The molecule has 0 radical (unpaired) electrons. The van der Waals surface area contributed by atoms with E-state index in [1.807, 2.05) is 27.7 Å². The first kappa shape index (κ1) is 15.6. The molecule has 0 aromatic rings. The molecule has 0 aromatic heterocycles. The van der Waals surface area contributed by atoms with Crippen molar-refractivity contribution >= 4 is 15.3 Å². The molecule has 0 saturated carbocycles. The van der Waals surface area contributed by atoms with Crippen LogP contribution in [0.3, 0.4) is 0 Å². The van der Waals surface area contributed by atoms with Crippen LogP contribution in [0.4, 0.5) is 0 Å². The van der Waals surface area contributed by atoms with Crippen LogP contribution in [-0.2, 0) is 13.6 Å². The van der Waals surface area contributed by atoms with Crippen molar-refractivity contribution < 1.29 is 18.8 Å². The first-order valence-electron chi connectivity index (χ1n) is 6.05. The highest BCUT2D eigenvalue weighted by molar-refractivity contribution is 6.54. The van der Waals surface area contributed by atoms with Crippen LogP contribution in [0, 0.1) is 0 Å². The lowest BCUT2D eigenvalue weighted by Gasteiger charge is -2.33. The van der Waals surface area contributed by atoms with Gasteiger partial charge in [0.2, 0.25) is 0 Å². The predicted octanol–water partition coefficient (Wildman–Crippen LogP) is 2.32. The van der Waals surface area contributed by atoms with Gasteiger partial charge in [-0.1, -0.05) is 20.3 Å². The first-order chi connectivity index (χ1) is 7.58. The van der Waals surface area contributed by atoms with Gasteiger partial charge >= 0.3 is 15.3 Å². The Morgan fingerprint density at radius 1 is 1.19 bits per heavy atom. The van der Waals surface area contributed by atoms with Crippen molar-refractivity contribution in [3.63, 3.8) is 0 Å². The molecule has 4 nitrogen and oxygen atoms in total. The molecule has 0 fully saturated rings. The first-order valence-corrected chi connectivity index (χ1v) is 7.57. The Morgan fingerprint density at radius 3 is 1.94 bits per heavy atom. The number of aliphatic carboxylic acids is 1. The van der Waals surface area contributed by atoms with Crippen LogP contribution in [-0.4, -0.2) is 33.6 Å². The van der Waals surface area contributed by atoms with Crippen molar-refractivity contribution in [2.75, 3.05) is 13.2 Å². The number of rotatable bonds is 9. The third kappa shape index (κ3) is 3.57. The second kappa shape index (κ2) is 7.81. The molecular formula is C11H24O4Si. The van der Waals surface area contributed by atoms with Crippen LogP contribution in [0.2, 0.25) is 5.04 Å². The Labute approximate surface area is 99.8 Å². The third-order valence-corrected chi connectivity index (χ3v) is 5.96. The molecule has 0 rings (SSSR count). The van der Waals surface area contributed by atoms with Gasteiger partial charge in [-0.2, -0.15) is 0 Å². The summed E-state index contributed by atoms with van der Waals surface area (Å²) in [5.74, 6) is -0.768. The predicted molar refractivity (Wildman–Crippen MR) is 65.9 cm³/mol. The lowest BCUT2D eigenvalue weighted by atomic mass is 10.00. The summed E-state index contributed by atoms with van der Waals surface area (Å²) in [5, 5.41) is 8.68. The quantitative estimate of drug-likeness (QED) is 0.636. The van der Waals surface area contributed by atoms with Crippen LogP contribution in [0.15, 0.2) is 0 Å². The molecule has 0 heterocycles. The second-order valence-corrected chi connectivity index (χ2v) is 6.24. The van der Waals surface area contributed by atoms with Gasteiger partial charge in [-0.3, -0.25) is 4.79 Å². The summed E-state index contributed by atoms with van der Waals surface area (Å²) in [4.78, 5) is 11.5. The van der Waals surface area contributed by atoms with Gasteiger partial charge in [-0.25, -0.2) is 0 Å². The Balaban J connectivity index is 4.97. The summed E-state index contributed by atoms with van der Waals surface area (Å²) in [5.41, 5.74) is 0. The average Bonchev–Trinajstić information content (AvgIpc) is 2.25. The zero-order chi connectivity index (χ0) is 12.6. The van der Waals surface area contributed by atoms with E-state index in [0.717, 1.165) is 6.42 Å². The van der Waals surface area contributed by atoms with Crippen molar-refractivity contribution in [1.82, 2.24) is 0 Å². The maximum Gasteiger partial charge on any atom is 0.339 e. The van der Waals surface area contributed by atoms with Crippen molar-refractivity contribution in [3.8, 4) is 0 Å². The zero-order valence-electron chi connectivity index (χ0n) is 10.8. The van der Waals surface area contributed by atoms with Crippen molar-refractivity contribution in [2.24, 2.45) is 0 Å². The van der Waals surface area contributed by atoms with Crippen LogP contribution < -0.4 is 0 Å². The lowest BCUT2D eigenvalue weighted by molar-refractivity contribution is -0.142. The summed E-state index contributed by atoms with van der Waals surface area (Å²) in [6.07, 6.45) is 2.05. The van der Waals surface area contributed by atoms with Gasteiger partial charge in [0.1, 0.15) is 5.04 Å².